The summed E-state index contributed by atoms with van der Waals surface area (Å²) in [5.74, 6) is -3.79. The van der Waals surface area contributed by atoms with Gasteiger partial charge >= 0.3 is 5.97 Å². The highest BCUT2D eigenvalue weighted by molar-refractivity contribution is 7.90. The maximum absolute atomic E-state index is 12.4. The second kappa shape index (κ2) is 9.16. The van der Waals surface area contributed by atoms with Crippen molar-refractivity contribution in [1.82, 2.24) is 9.71 Å². The molecule has 2 N–H and O–H groups in total. The van der Waals surface area contributed by atoms with Crippen LogP contribution in [-0.2, 0) is 36.2 Å². The van der Waals surface area contributed by atoms with E-state index < -0.39 is 49.0 Å². The molecule has 0 bridgehead atoms. The van der Waals surface area contributed by atoms with Crippen molar-refractivity contribution in [3.8, 4) is 6.07 Å². The van der Waals surface area contributed by atoms with Gasteiger partial charge in [-0.15, -0.1) is 0 Å². The van der Waals surface area contributed by atoms with Crippen molar-refractivity contribution in [2.45, 2.75) is 11.5 Å². The molecule has 13 heteroatoms. The molecule has 0 aliphatic carbocycles. The minimum absolute atomic E-state index is 0.0269. The Morgan fingerprint density at radius 1 is 1.18 bits per heavy atom. The summed E-state index contributed by atoms with van der Waals surface area (Å²) in [4.78, 5) is 29.5. The van der Waals surface area contributed by atoms with Crippen molar-refractivity contribution in [1.29, 1.82) is 5.26 Å². The molecule has 174 valence electrons. The van der Waals surface area contributed by atoms with E-state index >= 15 is 0 Å². The Hall–Kier alpha value is -3.50. The number of amides is 1. The van der Waals surface area contributed by atoms with Crippen LogP contribution in [0.5, 0.6) is 0 Å². The number of hydrogen-bond acceptors (Lipinski definition) is 9. The first kappa shape index (κ1) is 24.1. The summed E-state index contributed by atoms with van der Waals surface area (Å²) in [5.41, 5.74) is -0.201. The lowest BCUT2D eigenvalue weighted by Crippen LogP contribution is -2.55. The van der Waals surface area contributed by atoms with E-state index in [9.17, 15) is 36.8 Å². The average molecular weight is 493 g/mol. The zero-order chi connectivity index (χ0) is 24.4. The third kappa shape index (κ3) is 6.05. The number of aromatic nitrogens is 1. The second-order valence-electron chi connectivity index (χ2n) is 7.65. The number of rotatable bonds is 8. The first-order valence-electron chi connectivity index (χ1n) is 9.57. The zero-order valence-corrected chi connectivity index (χ0v) is 19.1. The van der Waals surface area contributed by atoms with Gasteiger partial charge in [0.05, 0.1) is 34.2 Å². The van der Waals surface area contributed by atoms with E-state index in [1.165, 1.54) is 4.90 Å². The predicted molar refractivity (Wildman–Crippen MR) is 117 cm³/mol. The Balaban J connectivity index is 1.74. The number of pyridine rings is 1. The SMILES string of the molecule is CS(=O)(=O)Cc1nc(N2CC(C(=O)NS(=O)(=O)Cc3ccccc3)C2)c(C#N)cc1C(=O)O. The van der Waals surface area contributed by atoms with Crippen molar-refractivity contribution in [3.63, 3.8) is 0 Å². The summed E-state index contributed by atoms with van der Waals surface area (Å²) in [6.45, 7) is 0.0538. The van der Waals surface area contributed by atoms with Gasteiger partial charge in [0, 0.05) is 19.3 Å². The van der Waals surface area contributed by atoms with Gasteiger partial charge in [0.1, 0.15) is 11.9 Å². The highest BCUT2D eigenvalue weighted by Crippen LogP contribution is 2.29. The van der Waals surface area contributed by atoms with Crippen molar-refractivity contribution >= 4 is 37.6 Å². The van der Waals surface area contributed by atoms with Crippen molar-refractivity contribution in [3.05, 3.63) is 58.8 Å². The Kier molecular flexibility index (Phi) is 6.71. The Labute approximate surface area is 190 Å². The number of sulfonamides is 1. The molecule has 0 saturated carbocycles. The molecule has 1 saturated heterocycles. The highest BCUT2D eigenvalue weighted by atomic mass is 32.2. The normalized spacial score (nSPS) is 14.2. The Morgan fingerprint density at radius 3 is 2.36 bits per heavy atom. The molecule has 1 amide bonds. The first-order valence-corrected chi connectivity index (χ1v) is 13.3. The van der Waals surface area contributed by atoms with E-state index in [0.717, 1.165) is 12.3 Å². The fourth-order valence-electron chi connectivity index (χ4n) is 3.29. The van der Waals surface area contributed by atoms with Crippen LogP contribution < -0.4 is 9.62 Å². The largest absolute Gasteiger partial charge is 0.478 e. The minimum Gasteiger partial charge on any atom is -0.478 e. The molecule has 2 aromatic rings. The van der Waals surface area contributed by atoms with E-state index in [-0.39, 0.29) is 35.9 Å². The summed E-state index contributed by atoms with van der Waals surface area (Å²) in [5, 5.41) is 18.7. The van der Waals surface area contributed by atoms with Crippen LogP contribution in [0.3, 0.4) is 0 Å². The van der Waals surface area contributed by atoms with Gasteiger partial charge in [0.25, 0.3) is 0 Å². The summed E-state index contributed by atoms with van der Waals surface area (Å²) in [6, 6.07) is 11.2. The van der Waals surface area contributed by atoms with Gasteiger partial charge in [0.2, 0.25) is 15.9 Å². The first-order chi connectivity index (χ1) is 15.4. The lowest BCUT2D eigenvalue weighted by Gasteiger charge is -2.39. The third-order valence-electron chi connectivity index (χ3n) is 4.84. The number of hydrogen-bond donors (Lipinski definition) is 2. The predicted octanol–water partition coefficient (Wildman–Crippen LogP) is 0.278. The molecule has 0 spiro atoms. The van der Waals surface area contributed by atoms with Crippen LogP contribution in [0.4, 0.5) is 5.82 Å². The molecular weight excluding hydrogens is 472 g/mol. The maximum atomic E-state index is 12.4. The molecule has 11 nitrogen and oxygen atoms in total. The van der Waals surface area contributed by atoms with Gasteiger partial charge in [-0.2, -0.15) is 5.26 Å². The summed E-state index contributed by atoms with van der Waals surface area (Å²) < 4.78 is 49.9. The quantitative estimate of drug-likeness (QED) is 0.520. The van der Waals surface area contributed by atoms with Crippen LogP contribution in [0.1, 0.15) is 27.2 Å². The average Bonchev–Trinajstić information content (AvgIpc) is 2.65. The van der Waals surface area contributed by atoms with E-state index in [1.807, 2.05) is 10.8 Å². The zero-order valence-electron chi connectivity index (χ0n) is 17.4. The standard InChI is InChI=1S/C20H20N4O7S2/c1-32(28,29)12-17-16(20(26)27)7-14(8-21)18(22-17)24-9-15(10-24)19(25)23-33(30,31)11-13-5-3-2-4-6-13/h2-7,15H,9-12H2,1H3,(H,23,25)(H,26,27). The summed E-state index contributed by atoms with van der Waals surface area (Å²) >= 11 is 0. The Bertz CT molecular complexity index is 1340. The molecule has 1 fully saturated rings. The van der Waals surface area contributed by atoms with Crippen LogP contribution in [0.25, 0.3) is 0 Å². The number of nitrogens with one attached hydrogen (secondary N) is 1. The summed E-state index contributed by atoms with van der Waals surface area (Å²) in [6.07, 6.45) is 0.929. The van der Waals surface area contributed by atoms with E-state index in [4.69, 9.17) is 0 Å². The lowest BCUT2D eigenvalue weighted by atomic mass is 9.98. The molecule has 0 atom stereocenters. The number of sulfone groups is 1. The molecule has 0 radical (unpaired) electrons. The van der Waals surface area contributed by atoms with Crippen molar-refractivity contribution < 1.29 is 31.5 Å². The molecule has 33 heavy (non-hydrogen) atoms. The smallest absolute Gasteiger partial charge is 0.337 e. The monoisotopic (exact) mass is 492 g/mol. The van der Waals surface area contributed by atoms with Crippen LogP contribution in [0.15, 0.2) is 36.4 Å². The molecule has 1 aliphatic rings. The highest BCUT2D eigenvalue weighted by Gasteiger charge is 2.37. The van der Waals surface area contributed by atoms with E-state index in [1.54, 1.807) is 30.3 Å². The van der Waals surface area contributed by atoms with Gasteiger partial charge in [-0.3, -0.25) is 9.52 Å². The number of nitriles is 1. The number of nitrogens with zero attached hydrogens (tertiary/aromatic N) is 3. The van der Waals surface area contributed by atoms with E-state index in [0.29, 0.717) is 5.56 Å². The van der Waals surface area contributed by atoms with Gasteiger partial charge in [-0.1, -0.05) is 30.3 Å². The summed E-state index contributed by atoms with van der Waals surface area (Å²) in [7, 11) is -7.52. The van der Waals surface area contributed by atoms with Crippen molar-refractivity contribution in [2.24, 2.45) is 5.92 Å². The topological polar surface area (TPSA) is 175 Å². The van der Waals surface area contributed by atoms with Crippen LogP contribution in [0.2, 0.25) is 0 Å². The fraction of sp³-hybridized carbons (Fsp3) is 0.300. The molecule has 3 rings (SSSR count). The van der Waals surface area contributed by atoms with E-state index in [2.05, 4.69) is 4.98 Å². The molecular formula is C20H20N4O7S2. The van der Waals surface area contributed by atoms with Crippen LogP contribution in [0, 0.1) is 17.2 Å². The molecule has 1 aromatic carbocycles. The third-order valence-corrected chi connectivity index (χ3v) is 6.86. The number of carboxylic acids is 1. The fourth-order valence-corrected chi connectivity index (χ4v) is 5.18. The number of carbonyl (C=O) groups is 2. The minimum atomic E-state index is -3.91. The molecule has 0 unspecified atom stereocenters. The number of benzene rings is 1. The molecule has 2 heterocycles. The molecule has 1 aliphatic heterocycles. The lowest BCUT2D eigenvalue weighted by molar-refractivity contribution is -0.123. The van der Waals surface area contributed by atoms with Gasteiger partial charge < -0.3 is 10.0 Å². The Morgan fingerprint density at radius 2 is 1.82 bits per heavy atom. The maximum Gasteiger partial charge on any atom is 0.337 e. The van der Waals surface area contributed by atoms with Gasteiger partial charge in [0.15, 0.2) is 9.84 Å². The van der Waals surface area contributed by atoms with Gasteiger partial charge in [-0.25, -0.2) is 26.6 Å². The number of carboxylic acid groups (broad SMARTS) is 1. The number of anilines is 1. The van der Waals surface area contributed by atoms with Crippen LogP contribution in [-0.4, -0.2) is 58.1 Å². The van der Waals surface area contributed by atoms with Crippen LogP contribution >= 0.6 is 0 Å². The number of carbonyl (C=O) groups excluding carboxylic acids is 1. The number of aromatic carboxylic acids is 1. The molecule has 1 aromatic heterocycles. The second-order valence-corrected chi connectivity index (χ2v) is 11.5. The van der Waals surface area contributed by atoms with Crippen molar-refractivity contribution in [2.75, 3.05) is 24.2 Å². The van der Waals surface area contributed by atoms with Gasteiger partial charge in [-0.05, 0) is 11.6 Å².